The number of hydrogen-bond donors (Lipinski definition) is 3. The Morgan fingerprint density at radius 2 is 1.71 bits per heavy atom. The summed E-state index contributed by atoms with van der Waals surface area (Å²) < 4.78 is 48.6. The fourth-order valence-corrected chi connectivity index (χ4v) is 8.08. The van der Waals surface area contributed by atoms with Crippen LogP contribution < -0.4 is 0 Å². The summed E-state index contributed by atoms with van der Waals surface area (Å²) in [6.07, 6.45) is -4.11. The molecule has 58 heavy (non-hydrogen) atoms. The molecule has 0 aromatic heterocycles. The molecule has 3 aliphatic rings. The minimum atomic E-state index is -1.50. The summed E-state index contributed by atoms with van der Waals surface area (Å²) in [6, 6.07) is -0.782. The van der Waals surface area contributed by atoms with Gasteiger partial charge in [-0.15, -0.1) is 0 Å². The fourth-order valence-electron chi connectivity index (χ4n) is 8.08. The molecule has 16 unspecified atom stereocenters. The van der Waals surface area contributed by atoms with Crippen LogP contribution in [0.15, 0.2) is 24.3 Å². The molecule has 3 rings (SSSR count). The second kappa shape index (κ2) is 22.7. The largest absolute Gasteiger partial charge is 0.462 e. The van der Waals surface area contributed by atoms with Crippen LogP contribution in [0.3, 0.4) is 0 Å². The minimum absolute atomic E-state index is 0.0460. The van der Waals surface area contributed by atoms with Crippen molar-refractivity contribution in [2.75, 3.05) is 21.2 Å². The number of methoxy groups -OCH3 is 1. The number of aldehydes is 1. The first kappa shape index (κ1) is 49.6. The van der Waals surface area contributed by atoms with Gasteiger partial charge in [0.15, 0.2) is 18.7 Å². The number of hydrogen-bond acceptors (Lipinski definition) is 16. The fraction of sp³-hybridized carbons (Fsp3) is 0.810. The van der Waals surface area contributed by atoms with Crippen molar-refractivity contribution in [3.8, 4) is 0 Å². The molecule has 332 valence electrons. The zero-order valence-corrected chi connectivity index (χ0v) is 36.1. The SMILES string of the molecule is COC1C(OC(C)=O)CC(=O)OC(C)C/C=C\C=C/C(O)C(C)CC(CC=O)C1OC1OC(C)C(OC2CC(C)(O)C(OC(=O)CC(C)C)C(C)O2)C(N(C)C)C1O. The summed E-state index contributed by atoms with van der Waals surface area (Å²) in [6.45, 7) is 13.5. The monoisotopic (exact) mass is 827 g/mol. The van der Waals surface area contributed by atoms with Crippen molar-refractivity contribution < 1.29 is 72.4 Å². The summed E-state index contributed by atoms with van der Waals surface area (Å²) in [5, 5.41) is 34.6. The van der Waals surface area contributed by atoms with Crippen LogP contribution in [-0.2, 0) is 57.1 Å². The average Bonchev–Trinajstić information content (AvgIpc) is 3.09. The Morgan fingerprint density at radius 3 is 2.29 bits per heavy atom. The van der Waals surface area contributed by atoms with Gasteiger partial charge in [-0.2, -0.15) is 0 Å². The molecule has 2 fully saturated rings. The second-order valence-corrected chi connectivity index (χ2v) is 17.0. The second-order valence-electron chi connectivity index (χ2n) is 17.0. The van der Waals surface area contributed by atoms with Crippen LogP contribution >= 0.6 is 0 Å². The van der Waals surface area contributed by atoms with Crippen LogP contribution in [0, 0.1) is 17.8 Å². The highest BCUT2D eigenvalue weighted by Gasteiger charge is 2.53. The number of carbonyl (C=O) groups excluding carboxylic acids is 4. The molecule has 0 radical (unpaired) electrons. The smallest absolute Gasteiger partial charge is 0.309 e. The van der Waals surface area contributed by atoms with Crippen molar-refractivity contribution >= 4 is 24.2 Å². The lowest BCUT2D eigenvalue weighted by molar-refractivity contribution is -0.344. The van der Waals surface area contributed by atoms with E-state index >= 15 is 0 Å². The van der Waals surface area contributed by atoms with Gasteiger partial charge in [0.05, 0.1) is 36.9 Å². The number of carbonyl (C=O) groups is 4. The molecule has 3 N–H and O–H groups in total. The molecule has 0 aromatic rings. The molecule has 3 aliphatic heterocycles. The Bertz CT molecular complexity index is 1390. The third-order valence-corrected chi connectivity index (χ3v) is 10.9. The lowest BCUT2D eigenvalue weighted by atomic mass is 9.82. The van der Waals surface area contributed by atoms with Crippen molar-refractivity contribution in [2.24, 2.45) is 17.8 Å². The van der Waals surface area contributed by atoms with E-state index in [1.54, 1.807) is 71.0 Å². The van der Waals surface area contributed by atoms with Gasteiger partial charge in [-0.25, -0.2) is 0 Å². The summed E-state index contributed by atoms with van der Waals surface area (Å²) in [4.78, 5) is 52.3. The maximum Gasteiger partial charge on any atom is 0.309 e. The van der Waals surface area contributed by atoms with Gasteiger partial charge in [-0.1, -0.05) is 45.1 Å². The van der Waals surface area contributed by atoms with Gasteiger partial charge in [0, 0.05) is 39.7 Å². The molecule has 0 aromatic carbocycles. The van der Waals surface area contributed by atoms with Gasteiger partial charge in [-0.05, 0) is 66.0 Å². The Morgan fingerprint density at radius 1 is 1.02 bits per heavy atom. The third kappa shape index (κ3) is 14.2. The molecule has 16 heteroatoms. The van der Waals surface area contributed by atoms with Crippen molar-refractivity contribution in [1.29, 1.82) is 0 Å². The van der Waals surface area contributed by atoms with E-state index in [-0.39, 0.29) is 31.6 Å². The lowest BCUT2D eigenvalue weighted by Crippen LogP contribution is -2.66. The molecule has 0 bridgehead atoms. The van der Waals surface area contributed by atoms with Gasteiger partial charge >= 0.3 is 17.9 Å². The predicted molar refractivity (Wildman–Crippen MR) is 210 cm³/mol. The maximum atomic E-state index is 13.2. The number of esters is 3. The number of ether oxygens (including phenoxy) is 8. The molecular weight excluding hydrogens is 758 g/mol. The first-order valence-electron chi connectivity index (χ1n) is 20.4. The molecule has 0 amide bonds. The van der Waals surface area contributed by atoms with E-state index in [0.29, 0.717) is 12.7 Å². The van der Waals surface area contributed by atoms with E-state index < -0.39 is 121 Å². The first-order chi connectivity index (χ1) is 27.2. The predicted octanol–water partition coefficient (Wildman–Crippen LogP) is 3.01. The van der Waals surface area contributed by atoms with E-state index in [2.05, 4.69) is 0 Å². The zero-order chi connectivity index (χ0) is 43.5. The molecule has 0 aliphatic carbocycles. The van der Waals surface area contributed by atoms with Gasteiger partial charge in [0.1, 0.15) is 42.4 Å². The van der Waals surface area contributed by atoms with Crippen LogP contribution in [0.4, 0.5) is 0 Å². The van der Waals surface area contributed by atoms with E-state index in [4.69, 9.17) is 37.9 Å². The normalized spacial score (nSPS) is 40.7. The Kier molecular flexibility index (Phi) is 19.4. The summed E-state index contributed by atoms with van der Waals surface area (Å²) in [5.74, 6) is -2.82. The standard InChI is InChI=1S/C42H69NO15/c1-23(2)19-32(47)56-40-27(6)53-34(22-42(40,8)50)57-37-26(5)54-41(36(49)35(37)43(9)10)58-38-29(17-18-44)20-24(3)30(46)16-14-12-13-15-25(4)52-33(48)21-31(39(38)51-11)55-28(7)45/h12-14,16,18,23-27,29-31,34-41,46,49-50H,15,17,19-22H2,1-11H3/b13-12-,16-14-. The Hall–Kier alpha value is -2.80. The molecule has 2 saturated heterocycles. The number of rotatable bonds is 12. The van der Waals surface area contributed by atoms with Gasteiger partial charge in [0.25, 0.3) is 0 Å². The van der Waals surface area contributed by atoms with Crippen LogP contribution in [0.5, 0.6) is 0 Å². The van der Waals surface area contributed by atoms with Crippen molar-refractivity contribution in [1.82, 2.24) is 4.90 Å². The van der Waals surface area contributed by atoms with Crippen LogP contribution in [0.1, 0.15) is 93.9 Å². The maximum absolute atomic E-state index is 13.2. The Labute approximate surface area is 343 Å². The number of cyclic esters (lactones) is 1. The topological polar surface area (TPSA) is 206 Å². The molecular formula is C42H69NO15. The van der Waals surface area contributed by atoms with Gasteiger partial charge in [0.2, 0.25) is 0 Å². The highest BCUT2D eigenvalue weighted by atomic mass is 16.7. The molecule has 0 saturated carbocycles. The van der Waals surface area contributed by atoms with E-state index in [9.17, 15) is 34.5 Å². The quantitative estimate of drug-likeness (QED) is 0.147. The van der Waals surface area contributed by atoms with Crippen molar-refractivity contribution in [3.05, 3.63) is 24.3 Å². The highest BCUT2D eigenvalue weighted by molar-refractivity contribution is 5.72. The summed E-state index contributed by atoms with van der Waals surface area (Å²) in [5.41, 5.74) is -1.50. The van der Waals surface area contributed by atoms with Crippen molar-refractivity contribution in [3.63, 3.8) is 0 Å². The van der Waals surface area contributed by atoms with Crippen molar-refractivity contribution in [2.45, 2.75) is 179 Å². The van der Waals surface area contributed by atoms with E-state index in [1.165, 1.54) is 14.0 Å². The van der Waals surface area contributed by atoms with Gasteiger partial charge < -0.3 is 62.9 Å². The van der Waals surface area contributed by atoms with Crippen LogP contribution in [-0.4, -0.2) is 151 Å². The molecule has 3 heterocycles. The number of aliphatic hydroxyl groups excluding tert-OH is 2. The van der Waals surface area contributed by atoms with E-state index in [0.717, 1.165) is 0 Å². The number of aliphatic hydroxyl groups is 3. The van der Waals surface area contributed by atoms with E-state index in [1.807, 2.05) is 20.8 Å². The Balaban J connectivity index is 1.98. The minimum Gasteiger partial charge on any atom is -0.462 e. The molecule has 16 nitrogen and oxygen atoms in total. The number of allylic oxidation sites excluding steroid dienone is 2. The lowest BCUT2D eigenvalue weighted by Gasteiger charge is -2.50. The highest BCUT2D eigenvalue weighted by Crippen LogP contribution is 2.38. The zero-order valence-electron chi connectivity index (χ0n) is 36.1. The number of likely N-dealkylation sites (N-methyl/N-ethyl adjacent to an activating group) is 1. The van der Waals surface area contributed by atoms with Gasteiger partial charge in [-0.3, -0.25) is 14.4 Å². The van der Waals surface area contributed by atoms with Crippen LogP contribution in [0.25, 0.3) is 0 Å². The summed E-state index contributed by atoms with van der Waals surface area (Å²) >= 11 is 0. The molecule has 0 spiro atoms. The third-order valence-electron chi connectivity index (χ3n) is 10.9. The first-order valence-corrected chi connectivity index (χ1v) is 20.4. The number of nitrogens with zero attached hydrogens (tertiary/aromatic N) is 1. The van der Waals surface area contributed by atoms with Crippen LogP contribution in [0.2, 0.25) is 0 Å². The summed E-state index contributed by atoms with van der Waals surface area (Å²) in [7, 11) is 4.86. The average molecular weight is 828 g/mol. The molecule has 16 atom stereocenters.